The number of rotatable bonds is 6. The monoisotopic (exact) mass is 335 g/mol. The SMILES string of the molecule is CCC(Oc1ccccc1F)C(=O)N1C[C@H](C(=O)O)[C@@H](C2CC2)C1. The highest BCUT2D eigenvalue weighted by Crippen LogP contribution is 2.44. The topological polar surface area (TPSA) is 66.8 Å². The lowest BCUT2D eigenvalue weighted by molar-refractivity contribution is -0.143. The fourth-order valence-corrected chi connectivity index (χ4v) is 3.48. The van der Waals surface area contributed by atoms with Gasteiger partial charge in [-0.3, -0.25) is 9.59 Å². The van der Waals surface area contributed by atoms with Gasteiger partial charge in [-0.2, -0.15) is 0 Å². The highest BCUT2D eigenvalue weighted by atomic mass is 19.1. The van der Waals surface area contributed by atoms with Gasteiger partial charge >= 0.3 is 5.97 Å². The summed E-state index contributed by atoms with van der Waals surface area (Å²) in [6.07, 6.45) is 1.68. The van der Waals surface area contributed by atoms with Gasteiger partial charge in [-0.1, -0.05) is 19.1 Å². The fourth-order valence-electron chi connectivity index (χ4n) is 3.48. The summed E-state index contributed by atoms with van der Waals surface area (Å²) < 4.78 is 19.3. The van der Waals surface area contributed by atoms with Crippen LogP contribution in [0.4, 0.5) is 4.39 Å². The number of carboxylic acids is 1. The lowest BCUT2D eigenvalue weighted by atomic mass is 9.92. The summed E-state index contributed by atoms with van der Waals surface area (Å²) in [5, 5.41) is 9.41. The van der Waals surface area contributed by atoms with E-state index in [4.69, 9.17) is 4.74 Å². The molecule has 1 aliphatic heterocycles. The molecule has 1 aromatic carbocycles. The molecule has 0 bridgehead atoms. The number of nitrogens with zero attached hydrogens (tertiary/aromatic N) is 1. The molecular formula is C18H22FNO4. The third kappa shape index (κ3) is 3.37. The summed E-state index contributed by atoms with van der Waals surface area (Å²) in [5.41, 5.74) is 0. The molecule has 5 nitrogen and oxygen atoms in total. The van der Waals surface area contributed by atoms with Crippen LogP contribution in [0.3, 0.4) is 0 Å². The molecule has 1 saturated carbocycles. The van der Waals surface area contributed by atoms with Crippen molar-refractivity contribution in [2.24, 2.45) is 17.8 Å². The second-order valence-electron chi connectivity index (χ2n) is 6.63. The van der Waals surface area contributed by atoms with Gasteiger partial charge in [-0.25, -0.2) is 4.39 Å². The lowest BCUT2D eigenvalue weighted by Crippen LogP contribution is -2.41. The quantitative estimate of drug-likeness (QED) is 0.867. The molecule has 0 spiro atoms. The van der Waals surface area contributed by atoms with E-state index in [-0.39, 0.29) is 24.1 Å². The van der Waals surface area contributed by atoms with Crippen LogP contribution in [0.2, 0.25) is 0 Å². The van der Waals surface area contributed by atoms with E-state index in [1.165, 1.54) is 12.1 Å². The van der Waals surface area contributed by atoms with Crippen molar-refractivity contribution in [3.05, 3.63) is 30.1 Å². The Hall–Kier alpha value is -2.11. The molecule has 3 rings (SSSR count). The molecule has 2 fully saturated rings. The summed E-state index contributed by atoms with van der Waals surface area (Å²) >= 11 is 0. The Balaban J connectivity index is 1.70. The number of hydrogen-bond acceptors (Lipinski definition) is 3. The normalized spacial score (nSPS) is 24.7. The number of halogens is 1. The van der Waals surface area contributed by atoms with Crippen LogP contribution in [-0.4, -0.2) is 41.1 Å². The first-order valence-electron chi connectivity index (χ1n) is 8.44. The van der Waals surface area contributed by atoms with Crippen molar-refractivity contribution in [3.63, 3.8) is 0 Å². The number of carbonyl (C=O) groups is 2. The summed E-state index contributed by atoms with van der Waals surface area (Å²) in [5.74, 6) is -1.63. The number of likely N-dealkylation sites (tertiary alicyclic amines) is 1. The summed E-state index contributed by atoms with van der Waals surface area (Å²) in [4.78, 5) is 25.8. The van der Waals surface area contributed by atoms with Crippen molar-refractivity contribution in [2.45, 2.75) is 32.3 Å². The number of para-hydroxylation sites is 1. The molecular weight excluding hydrogens is 313 g/mol. The van der Waals surface area contributed by atoms with Crippen LogP contribution in [0.5, 0.6) is 5.75 Å². The van der Waals surface area contributed by atoms with Gasteiger partial charge in [0.1, 0.15) is 0 Å². The van der Waals surface area contributed by atoms with Gasteiger partial charge in [0.15, 0.2) is 17.7 Å². The fraction of sp³-hybridized carbons (Fsp3) is 0.556. The van der Waals surface area contributed by atoms with E-state index < -0.39 is 23.8 Å². The van der Waals surface area contributed by atoms with Gasteiger partial charge in [0, 0.05) is 13.1 Å². The first-order chi connectivity index (χ1) is 11.5. The molecule has 1 amide bonds. The van der Waals surface area contributed by atoms with Crippen LogP contribution in [-0.2, 0) is 9.59 Å². The first-order valence-corrected chi connectivity index (χ1v) is 8.44. The smallest absolute Gasteiger partial charge is 0.308 e. The average Bonchev–Trinajstić information content (AvgIpc) is 3.31. The molecule has 0 radical (unpaired) electrons. The van der Waals surface area contributed by atoms with Crippen LogP contribution in [0, 0.1) is 23.6 Å². The van der Waals surface area contributed by atoms with Gasteiger partial charge in [0.2, 0.25) is 0 Å². The summed E-state index contributed by atoms with van der Waals surface area (Å²) in [6, 6.07) is 5.98. The van der Waals surface area contributed by atoms with Crippen LogP contribution in [0.15, 0.2) is 24.3 Å². The van der Waals surface area contributed by atoms with Crippen molar-refractivity contribution >= 4 is 11.9 Å². The lowest BCUT2D eigenvalue weighted by Gasteiger charge is -2.23. The summed E-state index contributed by atoms with van der Waals surface area (Å²) in [7, 11) is 0. The molecule has 1 unspecified atom stereocenters. The van der Waals surface area contributed by atoms with Crippen LogP contribution in [0.25, 0.3) is 0 Å². The van der Waals surface area contributed by atoms with E-state index in [9.17, 15) is 19.1 Å². The van der Waals surface area contributed by atoms with E-state index in [0.29, 0.717) is 18.9 Å². The second kappa shape index (κ2) is 6.79. The Morgan fingerprint density at radius 1 is 1.33 bits per heavy atom. The predicted molar refractivity (Wildman–Crippen MR) is 85.0 cm³/mol. The van der Waals surface area contributed by atoms with Crippen molar-refractivity contribution in [1.82, 2.24) is 4.90 Å². The second-order valence-corrected chi connectivity index (χ2v) is 6.63. The Kier molecular flexibility index (Phi) is 4.73. The average molecular weight is 335 g/mol. The van der Waals surface area contributed by atoms with E-state index in [1.54, 1.807) is 24.0 Å². The summed E-state index contributed by atoms with van der Waals surface area (Å²) in [6.45, 7) is 2.47. The standard InChI is InChI=1S/C18H22FNO4/c1-2-15(24-16-6-4-3-5-14(16)19)17(21)20-9-12(11-7-8-11)13(10-20)18(22)23/h3-6,11-13,15H,2,7-10H2,1H3,(H,22,23)/t12-,13+,15?/m1/s1. The van der Waals surface area contributed by atoms with Crippen molar-refractivity contribution in [2.75, 3.05) is 13.1 Å². The maximum Gasteiger partial charge on any atom is 0.308 e. The maximum absolute atomic E-state index is 13.7. The van der Waals surface area contributed by atoms with E-state index >= 15 is 0 Å². The molecule has 1 N–H and O–H groups in total. The molecule has 1 saturated heterocycles. The number of ether oxygens (including phenoxy) is 1. The minimum absolute atomic E-state index is 0.0254. The van der Waals surface area contributed by atoms with Crippen molar-refractivity contribution in [3.8, 4) is 5.75 Å². The van der Waals surface area contributed by atoms with Crippen molar-refractivity contribution < 1.29 is 23.8 Å². The molecule has 24 heavy (non-hydrogen) atoms. The van der Waals surface area contributed by atoms with E-state index in [2.05, 4.69) is 0 Å². The number of amides is 1. The zero-order valence-electron chi connectivity index (χ0n) is 13.7. The zero-order chi connectivity index (χ0) is 17.3. The third-order valence-electron chi connectivity index (χ3n) is 4.97. The molecule has 6 heteroatoms. The van der Waals surface area contributed by atoms with Crippen LogP contribution < -0.4 is 4.74 Å². The molecule has 3 atom stereocenters. The van der Waals surface area contributed by atoms with Crippen LogP contribution >= 0.6 is 0 Å². The van der Waals surface area contributed by atoms with Crippen LogP contribution in [0.1, 0.15) is 26.2 Å². The highest BCUT2D eigenvalue weighted by molar-refractivity contribution is 5.83. The first kappa shape index (κ1) is 16.7. The Labute approximate surface area is 140 Å². The van der Waals surface area contributed by atoms with Gasteiger partial charge < -0.3 is 14.7 Å². The largest absolute Gasteiger partial charge is 0.481 e. The molecule has 1 aliphatic carbocycles. The Morgan fingerprint density at radius 3 is 2.62 bits per heavy atom. The number of hydrogen-bond donors (Lipinski definition) is 1. The van der Waals surface area contributed by atoms with Gasteiger partial charge in [-0.05, 0) is 43.2 Å². The number of carbonyl (C=O) groups excluding carboxylic acids is 1. The molecule has 2 aliphatic rings. The van der Waals surface area contributed by atoms with E-state index in [0.717, 1.165) is 12.8 Å². The van der Waals surface area contributed by atoms with Gasteiger partial charge in [0.25, 0.3) is 5.91 Å². The molecule has 1 aromatic rings. The minimum Gasteiger partial charge on any atom is -0.481 e. The Bertz CT molecular complexity index is 631. The zero-order valence-corrected chi connectivity index (χ0v) is 13.7. The number of benzene rings is 1. The van der Waals surface area contributed by atoms with Gasteiger partial charge in [0.05, 0.1) is 5.92 Å². The third-order valence-corrected chi connectivity index (χ3v) is 4.97. The van der Waals surface area contributed by atoms with Gasteiger partial charge in [-0.15, -0.1) is 0 Å². The Morgan fingerprint density at radius 2 is 2.04 bits per heavy atom. The molecule has 0 aromatic heterocycles. The highest BCUT2D eigenvalue weighted by Gasteiger charge is 2.47. The molecule has 130 valence electrons. The number of aliphatic carboxylic acids is 1. The van der Waals surface area contributed by atoms with E-state index in [1.807, 2.05) is 0 Å². The minimum atomic E-state index is -0.842. The predicted octanol–water partition coefficient (Wildman–Crippen LogP) is 2.55. The number of carboxylic acid groups (broad SMARTS) is 1. The maximum atomic E-state index is 13.7. The van der Waals surface area contributed by atoms with Crippen molar-refractivity contribution in [1.29, 1.82) is 0 Å². The molecule has 1 heterocycles.